The van der Waals surface area contributed by atoms with E-state index in [1.54, 1.807) is 6.07 Å². The second kappa shape index (κ2) is 13.6. The summed E-state index contributed by atoms with van der Waals surface area (Å²) in [7, 11) is -1.50. The minimum absolute atomic E-state index is 0.0691. The summed E-state index contributed by atoms with van der Waals surface area (Å²) in [5.41, 5.74) is 28.5. The van der Waals surface area contributed by atoms with E-state index in [4.69, 9.17) is 41.8 Å². The Bertz CT molecular complexity index is 2470. The third kappa shape index (κ3) is 6.58. The van der Waals surface area contributed by atoms with Crippen LogP contribution in [-0.4, -0.2) is 66.6 Å². The van der Waals surface area contributed by atoms with Crippen molar-refractivity contribution in [3.8, 4) is 11.3 Å². The van der Waals surface area contributed by atoms with Gasteiger partial charge in [-0.3, -0.25) is 0 Å². The van der Waals surface area contributed by atoms with Crippen LogP contribution in [0.15, 0.2) is 62.5 Å². The van der Waals surface area contributed by atoms with Gasteiger partial charge in [-0.15, -0.1) is 0 Å². The van der Waals surface area contributed by atoms with Crippen molar-refractivity contribution in [3.05, 3.63) is 53.7 Å². The topological polar surface area (TPSA) is 284 Å². The molecule has 2 aromatic carbocycles. The lowest BCUT2D eigenvalue weighted by Crippen LogP contribution is -2.29. The first kappa shape index (κ1) is 34.0. The highest BCUT2D eigenvalue weighted by atomic mass is 79.9. The van der Waals surface area contributed by atoms with E-state index < -0.39 is 7.12 Å². The molecule has 0 fully saturated rings. The maximum atomic E-state index is 8.86. The number of aromatic nitrogens is 10. The van der Waals surface area contributed by atoms with Crippen LogP contribution in [0.4, 0.5) is 23.7 Å². The SMILES string of the molecule is CC(C)n1nc(-c2ccc3oc(N)nc3c2)c2c(N)ncnc21.CC(C)n1nc(Br)c2c(N)ncnc21.Nc1nc2cc(B(O)O)ccc2o1. The van der Waals surface area contributed by atoms with Gasteiger partial charge in [-0.05, 0) is 79.4 Å². The molecule has 0 radical (unpaired) electrons. The highest BCUT2D eigenvalue weighted by molar-refractivity contribution is 9.10. The van der Waals surface area contributed by atoms with Gasteiger partial charge < -0.3 is 41.8 Å². The Morgan fingerprint density at radius 1 is 0.700 bits per heavy atom. The molecule has 0 atom stereocenters. The number of benzene rings is 2. The van der Waals surface area contributed by atoms with Crippen LogP contribution in [0.1, 0.15) is 39.8 Å². The van der Waals surface area contributed by atoms with Gasteiger partial charge in [-0.2, -0.15) is 20.2 Å². The molecule has 0 unspecified atom stereocenters. The Balaban J connectivity index is 0.000000138. The zero-order chi connectivity index (χ0) is 35.9. The first-order chi connectivity index (χ1) is 23.8. The molecule has 0 amide bonds. The van der Waals surface area contributed by atoms with Gasteiger partial charge in [-0.25, -0.2) is 29.3 Å². The summed E-state index contributed by atoms with van der Waals surface area (Å²) >= 11 is 3.34. The Hall–Kier alpha value is -5.86. The van der Waals surface area contributed by atoms with E-state index in [0.29, 0.717) is 49.5 Å². The Kier molecular flexibility index (Phi) is 9.23. The van der Waals surface area contributed by atoms with Gasteiger partial charge in [0, 0.05) is 17.6 Å². The van der Waals surface area contributed by atoms with Crippen LogP contribution < -0.4 is 28.4 Å². The zero-order valence-corrected chi connectivity index (χ0v) is 28.8. The van der Waals surface area contributed by atoms with Crippen LogP contribution in [-0.2, 0) is 0 Å². The van der Waals surface area contributed by atoms with E-state index >= 15 is 0 Å². The van der Waals surface area contributed by atoms with Crippen molar-refractivity contribution in [2.45, 2.75) is 39.8 Å². The maximum absolute atomic E-state index is 8.86. The summed E-state index contributed by atoms with van der Waals surface area (Å²) in [6.07, 6.45) is 2.90. The molecule has 6 aromatic heterocycles. The first-order valence-electron chi connectivity index (χ1n) is 15.1. The fourth-order valence-corrected chi connectivity index (χ4v) is 5.64. The molecule has 8 aromatic rings. The van der Waals surface area contributed by atoms with E-state index in [-0.39, 0.29) is 24.1 Å². The molecule has 256 valence electrons. The largest absolute Gasteiger partial charge is 0.488 e. The van der Waals surface area contributed by atoms with E-state index in [0.717, 1.165) is 27.7 Å². The van der Waals surface area contributed by atoms with Crippen LogP contribution in [0, 0.1) is 0 Å². The molecule has 0 bridgehead atoms. The monoisotopic (exact) mass is 742 g/mol. The summed E-state index contributed by atoms with van der Waals surface area (Å²) in [6.45, 7) is 8.15. The average molecular weight is 743 g/mol. The van der Waals surface area contributed by atoms with Crippen LogP contribution >= 0.6 is 15.9 Å². The number of nitrogens with zero attached hydrogens (tertiary/aromatic N) is 10. The average Bonchev–Trinajstić information content (AvgIpc) is 3.83. The normalized spacial score (nSPS) is 11.4. The van der Waals surface area contributed by atoms with E-state index in [1.807, 2.05) is 55.3 Å². The van der Waals surface area contributed by atoms with Crippen LogP contribution in [0.25, 0.3) is 55.5 Å². The molecule has 8 rings (SSSR count). The molecule has 10 N–H and O–H groups in total. The first-order valence-corrected chi connectivity index (χ1v) is 15.9. The molecule has 0 saturated carbocycles. The van der Waals surface area contributed by atoms with Gasteiger partial charge in [0.1, 0.15) is 45.6 Å². The minimum atomic E-state index is -1.50. The third-order valence-corrected chi connectivity index (χ3v) is 7.93. The van der Waals surface area contributed by atoms with Crippen molar-refractivity contribution in [3.63, 3.8) is 0 Å². The highest BCUT2D eigenvalue weighted by Crippen LogP contribution is 2.33. The number of nitrogen functional groups attached to an aromatic ring is 4. The lowest BCUT2D eigenvalue weighted by molar-refractivity contribution is 0.426. The van der Waals surface area contributed by atoms with Crippen LogP contribution in [0.3, 0.4) is 0 Å². The van der Waals surface area contributed by atoms with Crippen molar-refractivity contribution in [2.24, 2.45) is 0 Å². The number of rotatable bonds is 4. The molecule has 6 heterocycles. The zero-order valence-electron chi connectivity index (χ0n) is 27.2. The standard InChI is InChI=1S/C15H15N7O.C8H10BrN5.C7H7BN2O3/c1-7(2)22-14-11(13(16)18-6-19-14)12(21-22)8-3-4-10-9(5-8)20-15(17)23-10;1-4(2)14-8-5(6(9)13-14)7(10)11-3-12-8;9-7-10-5-3-4(8(11)12)1-2-6(5)13-7/h3-7H,1-2H3,(H2,17,20)(H2,16,18,19);3-4H,1-2H3,(H2,10,11,12);1-3,11-12H,(H2,9,10). The van der Waals surface area contributed by atoms with Gasteiger partial charge in [0.05, 0.1) is 10.8 Å². The lowest BCUT2D eigenvalue weighted by Gasteiger charge is -2.05. The molecule has 0 saturated heterocycles. The predicted octanol–water partition coefficient (Wildman–Crippen LogP) is 3.22. The summed E-state index contributed by atoms with van der Waals surface area (Å²) in [4.78, 5) is 24.5. The van der Waals surface area contributed by atoms with Gasteiger partial charge >= 0.3 is 7.12 Å². The van der Waals surface area contributed by atoms with E-state index in [1.165, 1.54) is 24.8 Å². The Morgan fingerprint density at radius 2 is 1.22 bits per heavy atom. The smallest absolute Gasteiger partial charge is 0.424 e. The summed E-state index contributed by atoms with van der Waals surface area (Å²) in [5, 5.41) is 28.2. The van der Waals surface area contributed by atoms with Gasteiger partial charge in [0.2, 0.25) is 0 Å². The van der Waals surface area contributed by atoms with Crippen molar-refractivity contribution < 1.29 is 18.9 Å². The van der Waals surface area contributed by atoms with Gasteiger partial charge in [0.15, 0.2) is 22.5 Å². The molecular weight excluding hydrogens is 711 g/mol. The summed E-state index contributed by atoms with van der Waals surface area (Å²) < 4.78 is 14.7. The summed E-state index contributed by atoms with van der Waals surface area (Å²) in [6, 6.07) is 10.8. The Morgan fingerprint density at radius 3 is 1.80 bits per heavy atom. The van der Waals surface area contributed by atoms with Crippen LogP contribution in [0.2, 0.25) is 0 Å². The van der Waals surface area contributed by atoms with Gasteiger partial charge in [0.25, 0.3) is 12.0 Å². The fourth-order valence-electron chi connectivity index (χ4n) is 5.09. The number of halogens is 1. The number of hydrogen-bond acceptors (Lipinski definition) is 16. The van der Waals surface area contributed by atoms with Crippen molar-refractivity contribution >= 4 is 96.4 Å². The molecule has 20 heteroatoms. The second-order valence-corrected chi connectivity index (χ2v) is 12.3. The number of oxazole rings is 2. The highest BCUT2D eigenvalue weighted by Gasteiger charge is 2.19. The molecule has 0 aliphatic rings. The lowest BCUT2D eigenvalue weighted by atomic mass is 9.80. The molecule has 18 nitrogen and oxygen atoms in total. The quantitative estimate of drug-likeness (QED) is 0.141. The Labute approximate surface area is 291 Å². The van der Waals surface area contributed by atoms with Crippen molar-refractivity contribution in [2.75, 3.05) is 22.9 Å². The molecule has 0 aliphatic carbocycles. The number of anilines is 4. The van der Waals surface area contributed by atoms with Crippen LogP contribution in [0.5, 0.6) is 0 Å². The predicted molar refractivity (Wildman–Crippen MR) is 194 cm³/mol. The van der Waals surface area contributed by atoms with Crippen molar-refractivity contribution in [1.29, 1.82) is 0 Å². The summed E-state index contributed by atoms with van der Waals surface area (Å²) in [5.74, 6) is 0.852. The minimum Gasteiger partial charge on any atom is -0.424 e. The number of hydrogen-bond donors (Lipinski definition) is 6. The molecular formula is C30H32BBrN14O4. The van der Waals surface area contributed by atoms with Gasteiger partial charge in [-0.1, -0.05) is 6.07 Å². The molecule has 50 heavy (non-hydrogen) atoms. The van der Waals surface area contributed by atoms with Crippen molar-refractivity contribution in [1.82, 2.24) is 49.5 Å². The fraction of sp³-hybridized carbons (Fsp3) is 0.200. The third-order valence-electron chi connectivity index (χ3n) is 7.38. The number of nitrogens with two attached hydrogens (primary N) is 4. The second-order valence-electron chi connectivity index (χ2n) is 11.5. The van der Waals surface area contributed by atoms with E-state index in [2.05, 4.69) is 56.0 Å². The molecule has 0 spiro atoms. The molecule has 0 aliphatic heterocycles. The number of fused-ring (bicyclic) bond motifs is 4. The maximum Gasteiger partial charge on any atom is 0.488 e. The van der Waals surface area contributed by atoms with E-state index in [9.17, 15) is 0 Å².